The third-order valence-corrected chi connectivity index (χ3v) is 8.87. The predicted molar refractivity (Wildman–Crippen MR) is 57.7 cm³/mol. The van der Waals surface area contributed by atoms with Crippen molar-refractivity contribution in [2.75, 3.05) is 0 Å². The van der Waals surface area contributed by atoms with Gasteiger partial charge in [-0.2, -0.15) is 6.42 Å². The Labute approximate surface area is 106 Å². The normalized spacial score (nSPS) is 10.0. The first-order chi connectivity index (χ1) is 4.74. The molecule has 0 atom stereocenters. The SMILES string of the molecule is [Br-].[CH2-]CC[Si](CC)(CC)CC.[Mg+2]. The van der Waals surface area contributed by atoms with Crippen LogP contribution in [0.5, 0.6) is 0 Å². The third kappa shape index (κ3) is 6.00. The molecule has 0 unspecified atom stereocenters. The van der Waals surface area contributed by atoms with E-state index in [1.165, 1.54) is 24.2 Å². The van der Waals surface area contributed by atoms with Crippen molar-refractivity contribution in [3.8, 4) is 0 Å². The van der Waals surface area contributed by atoms with Crippen LogP contribution in [0.4, 0.5) is 0 Å². The minimum Gasteiger partial charge on any atom is -1.00 e. The van der Waals surface area contributed by atoms with Crippen LogP contribution in [-0.4, -0.2) is 31.1 Å². The Morgan fingerprint density at radius 2 is 1.33 bits per heavy atom. The maximum absolute atomic E-state index is 3.95. The zero-order valence-electron chi connectivity index (χ0n) is 8.83. The molecule has 0 nitrogen and oxygen atoms in total. The molecule has 0 aliphatic heterocycles. The first-order valence-electron chi connectivity index (χ1n) is 4.54. The van der Waals surface area contributed by atoms with Crippen LogP contribution >= 0.6 is 0 Å². The summed E-state index contributed by atoms with van der Waals surface area (Å²) in [7, 11) is -0.780. The average Bonchev–Trinajstić information content (AvgIpc) is 2.01. The molecule has 0 heterocycles. The van der Waals surface area contributed by atoms with Gasteiger partial charge in [0.2, 0.25) is 0 Å². The van der Waals surface area contributed by atoms with E-state index in [9.17, 15) is 0 Å². The molecule has 0 aromatic heterocycles. The monoisotopic (exact) mass is 260 g/mol. The van der Waals surface area contributed by atoms with Gasteiger partial charge in [0, 0.05) is 0 Å². The summed E-state index contributed by atoms with van der Waals surface area (Å²) >= 11 is 0. The maximum atomic E-state index is 3.95. The molecule has 0 aliphatic rings. The van der Waals surface area contributed by atoms with Gasteiger partial charge in [0.25, 0.3) is 0 Å². The van der Waals surface area contributed by atoms with E-state index in [0.29, 0.717) is 0 Å². The summed E-state index contributed by atoms with van der Waals surface area (Å²) in [6.07, 6.45) is 1.15. The van der Waals surface area contributed by atoms with E-state index >= 15 is 0 Å². The number of hydrogen-bond donors (Lipinski definition) is 0. The molecular formula is C9H21BrMgSi. The van der Waals surface area contributed by atoms with Crippen LogP contribution in [0.2, 0.25) is 24.2 Å². The van der Waals surface area contributed by atoms with Gasteiger partial charge in [-0.15, -0.1) is 0 Å². The molecule has 0 aromatic rings. The Hall–Kier alpha value is 1.46. The Bertz CT molecular complexity index is 76.3. The maximum Gasteiger partial charge on any atom is 2.00 e. The molecule has 0 fully saturated rings. The second-order valence-electron chi connectivity index (χ2n) is 3.16. The van der Waals surface area contributed by atoms with Gasteiger partial charge in [-0.1, -0.05) is 44.9 Å². The van der Waals surface area contributed by atoms with Gasteiger partial charge in [-0.05, 0) is 0 Å². The fraction of sp³-hybridized carbons (Fsp3) is 0.889. The van der Waals surface area contributed by atoms with E-state index in [1.807, 2.05) is 0 Å². The van der Waals surface area contributed by atoms with Crippen LogP contribution in [-0.2, 0) is 0 Å². The number of halogens is 1. The molecule has 0 N–H and O–H groups in total. The van der Waals surface area contributed by atoms with Crippen LogP contribution in [0.1, 0.15) is 27.2 Å². The van der Waals surface area contributed by atoms with Crippen molar-refractivity contribution in [2.24, 2.45) is 0 Å². The van der Waals surface area contributed by atoms with Crippen molar-refractivity contribution in [3.05, 3.63) is 6.92 Å². The summed E-state index contributed by atoms with van der Waals surface area (Å²) < 4.78 is 0. The molecule has 0 bridgehead atoms. The van der Waals surface area contributed by atoms with E-state index in [0.717, 1.165) is 6.42 Å². The van der Waals surface area contributed by atoms with Gasteiger partial charge >= 0.3 is 23.1 Å². The smallest absolute Gasteiger partial charge is 1.00 e. The second-order valence-corrected chi connectivity index (χ2v) is 8.79. The number of rotatable bonds is 5. The minimum atomic E-state index is -0.780. The molecule has 0 spiro atoms. The van der Waals surface area contributed by atoms with Crippen LogP contribution in [0.25, 0.3) is 0 Å². The topological polar surface area (TPSA) is 0 Å². The standard InChI is InChI=1S/C9H21Si.BrH.Mg/c1-5-9-10(6-2,7-3)8-4;;/h1,5-9H2,2-4H3;1H;/q-1;;+2/p-1. The van der Waals surface area contributed by atoms with Crippen molar-refractivity contribution >= 4 is 31.1 Å². The van der Waals surface area contributed by atoms with E-state index in [2.05, 4.69) is 27.7 Å². The summed E-state index contributed by atoms with van der Waals surface area (Å²) in [4.78, 5) is 0. The zero-order chi connectivity index (χ0) is 8.04. The largest absolute Gasteiger partial charge is 2.00 e. The molecule has 0 amide bonds. The summed E-state index contributed by atoms with van der Waals surface area (Å²) in [5.74, 6) is 0. The second kappa shape index (κ2) is 10.5. The fourth-order valence-corrected chi connectivity index (χ4v) is 4.97. The molecule has 0 saturated heterocycles. The van der Waals surface area contributed by atoms with E-state index < -0.39 is 8.07 Å². The van der Waals surface area contributed by atoms with Gasteiger partial charge in [0.15, 0.2) is 0 Å². The molecule has 0 saturated carbocycles. The average molecular weight is 262 g/mol. The summed E-state index contributed by atoms with van der Waals surface area (Å²) in [5.41, 5.74) is 0. The van der Waals surface area contributed by atoms with Gasteiger partial charge in [0.05, 0.1) is 8.07 Å². The molecular weight excluding hydrogens is 240 g/mol. The predicted octanol–water partition coefficient (Wildman–Crippen LogP) is 0.342. The van der Waals surface area contributed by atoms with Gasteiger partial charge in [0.1, 0.15) is 0 Å². The van der Waals surface area contributed by atoms with Crippen molar-refractivity contribution in [1.29, 1.82) is 0 Å². The Balaban J connectivity index is -0.000000405. The third-order valence-electron chi connectivity index (χ3n) is 2.96. The van der Waals surface area contributed by atoms with Crippen LogP contribution < -0.4 is 17.0 Å². The quantitative estimate of drug-likeness (QED) is 0.495. The van der Waals surface area contributed by atoms with Crippen LogP contribution in [0.15, 0.2) is 0 Å². The van der Waals surface area contributed by atoms with Crippen molar-refractivity contribution in [3.63, 3.8) is 0 Å². The van der Waals surface area contributed by atoms with E-state index in [1.54, 1.807) is 0 Å². The molecule has 0 rings (SSSR count). The zero-order valence-corrected chi connectivity index (χ0v) is 12.8. The summed E-state index contributed by atoms with van der Waals surface area (Å²) in [6.45, 7) is 11.0. The van der Waals surface area contributed by atoms with Gasteiger partial charge in [-0.3, -0.25) is 0 Å². The Morgan fingerprint density at radius 3 is 1.42 bits per heavy atom. The molecule has 3 heteroatoms. The van der Waals surface area contributed by atoms with Crippen LogP contribution in [0, 0.1) is 6.92 Å². The van der Waals surface area contributed by atoms with Crippen molar-refractivity contribution < 1.29 is 17.0 Å². The molecule has 12 heavy (non-hydrogen) atoms. The fourth-order valence-electron chi connectivity index (χ4n) is 1.66. The Kier molecular flexibility index (Phi) is 16.8. The minimum absolute atomic E-state index is 0. The first kappa shape index (κ1) is 19.1. The molecule has 70 valence electrons. The summed E-state index contributed by atoms with van der Waals surface area (Å²) in [5, 5.41) is 0. The van der Waals surface area contributed by atoms with E-state index in [-0.39, 0.29) is 40.0 Å². The Morgan fingerprint density at radius 1 is 1.00 bits per heavy atom. The van der Waals surface area contributed by atoms with E-state index in [4.69, 9.17) is 0 Å². The van der Waals surface area contributed by atoms with Crippen molar-refractivity contribution in [2.45, 2.75) is 51.4 Å². The molecule has 0 aromatic carbocycles. The number of hydrogen-bond acceptors (Lipinski definition) is 0. The van der Waals surface area contributed by atoms with Crippen LogP contribution in [0.3, 0.4) is 0 Å². The summed E-state index contributed by atoms with van der Waals surface area (Å²) in [6, 6.07) is 5.80. The first-order valence-corrected chi connectivity index (χ1v) is 7.36. The van der Waals surface area contributed by atoms with Gasteiger partial charge < -0.3 is 23.9 Å². The molecule has 0 aliphatic carbocycles. The molecule has 0 radical (unpaired) electrons. The van der Waals surface area contributed by atoms with Gasteiger partial charge in [-0.25, -0.2) is 0 Å². The van der Waals surface area contributed by atoms with Crippen molar-refractivity contribution in [1.82, 2.24) is 0 Å².